The van der Waals surface area contributed by atoms with Gasteiger partial charge in [-0.3, -0.25) is 9.59 Å². The fourth-order valence-electron chi connectivity index (χ4n) is 2.90. The van der Waals surface area contributed by atoms with E-state index in [4.69, 9.17) is 4.74 Å². The summed E-state index contributed by atoms with van der Waals surface area (Å²) in [6, 6.07) is 15.4. The number of aromatic amines is 2. The molecule has 2 heterocycles. The maximum absolute atomic E-state index is 12.5. The molecule has 0 fully saturated rings. The van der Waals surface area contributed by atoms with E-state index in [1.54, 1.807) is 61.5 Å². The molecule has 7 nitrogen and oxygen atoms in total. The van der Waals surface area contributed by atoms with Crippen LogP contribution in [0.2, 0.25) is 0 Å². The van der Waals surface area contributed by atoms with Crippen molar-refractivity contribution in [3.8, 4) is 0 Å². The third-order valence-corrected chi connectivity index (χ3v) is 4.27. The summed E-state index contributed by atoms with van der Waals surface area (Å²) in [4.78, 5) is 46.3. The van der Waals surface area contributed by atoms with Crippen LogP contribution in [0.3, 0.4) is 0 Å². The zero-order chi connectivity index (χ0) is 19.0. The first kappa shape index (κ1) is 16.7. The number of aromatic nitrogens is 3. The molecule has 0 bridgehead atoms. The lowest BCUT2D eigenvalue weighted by Crippen LogP contribution is -2.19. The second kappa shape index (κ2) is 6.53. The zero-order valence-corrected chi connectivity index (χ0v) is 14.4. The second-order valence-corrected chi connectivity index (χ2v) is 6.12. The number of benzene rings is 2. The van der Waals surface area contributed by atoms with Gasteiger partial charge >= 0.3 is 5.97 Å². The number of rotatable bonds is 3. The highest BCUT2D eigenvalue weighted by atomic mass is 16.5. The van der Waals surface area contributed by atoms with Crippen molar-refractivity contribution < 1.29 is 9.53 Å². The number of H-pyrrole nitrogens is 2. The summed E-state index contributed by atoms with van der Waals surface area (Å²) in [6.07, 6.45) is -0.801. The molecule has 0 spiro atoms. The maximum Gasteiger partial charge on any atom is 0.355 e. The molecular formula is C20H15N3O4. The molecule has 4 rings (SSSR count). The van der Waals surface area contributed by atoms with E-state index >= 15 is 0 Å². The number of esters is 1. The number of pyridine rings is 1. The molecule has 4 aromatic rings. The van der Waals surface area contributed by atoms with Gasteiger partial charge in [-0.2, -0.15) is 0 Å². The molecule has 0 radical (unpaired) electrons. The van der Waals surface area contributed by atoms with Gasteiger partial charge in [0.25, 0.3) is 11.1 Å². The Morgan fingerprint density at radius 1 is 0.963 bits per heavy atom. The number of fused-ring (bicyclic) bond motifs is 2. The molecule has 2 aromatic carbocycles. The van der Waals surface area contributed by atoms with Crippen LogP contribution in [0.5, 0.6) is 0 Å². The number of carbonyl (C=O) groups excluding carboxylic acids is 1. The molecule has 0 aliphatic carbocycles. The summed E-state index contributed by atoms with van der Waals surface area (Å²) < 4.78 is 5.39. The standard InChI is InChI=1S/C20H15N3O4/c1-11(17-21-15-9-5-4-8-14(15)19(25)23-17)27-20(26)16-10-12-6-2-3-7-13(12)18(24)22-16/h2-11H,1H3,(H,22,24)(H,21,23,25). The van der Waals surface area contributed by atoms with Crippen molar-refractivity contribution in [2.24, 2.45) is 0 Å². The van der Waals surface area contributed by atoms with Crippen molar-refractivity contribution in [3.05, 3.63) is 86.8 Å². The van der Waals surface area contributed by atoms with Crippen LogP contribution in [0.4, 0.5) is 0 Å². The predicted octanol–water partition coefficient (Wildman–Crippen LogP) is 2.68. The Labute approximate surface area is 152 Å². The first-order valence-electron chi connectivity index (χ1n) is 8.35. The van der Waals surface area contributed by atoms with Crippen LogP contribution >= 0.6 is 0 Å². The first-order chi connectivity index (χ1) is 13.0. The van der Waals surface area contributed by atoms with Gasteiger partial charge in [0.2, 0.25) is 0 Å². The van der Waals surface area contributed by atoms with E-state index < -0.39 is 12.1 Å². The summed E-state index contributed by atoms with van der Waals surface area (Å²) in [5.74, 6) is -0.476. The monoisotopic (exact) mass is 361 g/mol. The molecule has 7 heteroatoms. The quantitative estimate of drug-likeness (QED) is 0.546. The van der Waals surface area contributed by atoms with Crippen molar-refractivity contribution in [1.29, 1.82) is 0 Å². The summed E-state index contributed by atoms with van der Waals surface area (Å²) >= 11 is 0. The van der Waals surface area contributed by atoms with Crippen molar-refractivity contribution >= 4 is 27.6 Å². The van der Waals surface area contributed by atoms with Gasteiger partial charge in [-0.1, -0.05) is 30.3 Å². The van der Waals surface area contributed by atoms with Crippen LogP contribution in [0.25, 0.3) is 21.7 Å². The summed E-state index contributed by atoms with van der Waals surface area (Å²) in [5, 5.41) is 1.58. The van der Waals surface area contributed by atoms with Gasteiger partial charge in [-0.25, -0.2) is 9.78 Å². The highest BCUT2D eigenvalue weighted by molar-refractivity contribution is 5.93. The SMILES string of the molecule is CC(OC(=O)c1cc2ccccc2c(=O)[nH]1)c1nc2ccccc2c(=O)[nH]1. The minimum Gasteiger partial charge on any atom is -0.450 e. The van der Waals surface area contributed by atoms with Gasteiger partial charge < -0.3 is 14.7 Å². The first-order valence-corrected chi connectivity index (χ1v) is 8.35. The van der Waals surface area contributed by atoms with Crippen LogP contribution in [-0.2, 0) is 4.74 Å². The van der Waals surface area contributed by atoms with Gasteiger partial charge in [0.05, 0.1) is 10.9 Å². The number of carbonyl (C=O) groups is 1. The minimum absolute atomic E-state index is 0.0358. The Kier molecular flexibility index (Phi) is 4.04. The van der Waals surface area contributed by atoms with Gasteiger partial charge in [-0.05, 0) is 36.6 Å². The third kappa shape index (κ3) is 3.10. The molecule has 0 saturated carbocycles. The van der Waals surface area contributed by atoms with Gasteiger partial charge in [0.15, 0.2) is 11.9 Å². The van der Waals surface area contributed by atoms with E-state index in [9.17, 15) is 14.4 Å². The van der Waals surface area contributed by atoms with Crippen molar-refractivity contribution in [2.75, 3.05) is 0 Å². The van der Waals surface area contributed by atoms with E-state index in [0.717, 1.165) is 0 Å². The van der Waals surface area contributed by atoms with E-state index in [1.165, 1.54) is 0 Å². The molecule has 0 amide bonds. The average molecular weight is 361 g/mol. The largest absolute Gasteiger partial charge is 0.450 e. The molecule has 0 saturated heterocycles. The van der Waals surface area contributed by atoms with Gasteiger partial charge in [-0.15, -0.1) is 0 Å². The molecular weight excluding hydrogens is 346 g/mol. The fraction of sp³-hybridized carbons (Fsp3) is 0.100. The molecule has 0 aliphatic rings. The fourth-order valence-corrected chi connectivity index (χ4v) is 2.90. The maximum atomic E-state index is 12.5. The van der Waals surface area contributed by atoms with Crippen LogP contribution in [-0.4, -0.2) is 20.9 Å². The lowest BCUT2D eigenvalue weighted by molar-refractivity contribution is 0.0313. The Balaban J connectivity index is 1.65. The number of nitrogens with one attached hydrogen (secondary N) is 2. The molecule has 1 atom stereocenters. The van der Waals surface area contributed by atoms with Gasteiger partial charge in [0, 0.05) is 5.39 Å². The van der Waals surface area contributed by atoms with E-state index in [0.29, 0.717) is 21.7 Å². The van der Waals surface area contributed by atoms with Crippen LogP contribution < -0.4 is 11.1 Å². The Morgan fingerprint density at radius 3 is 2.44 bits per heavy atom. The normalized spacial score (nSPS) is 12.2. The van der Waals surface area contributed by atoms with Crippen molar-refractivity contribution in [1.82, 2.24) is 15.0 Å². The highest BCUT2D eigenvalue weighted by Crippen LogP contribution is 2.17. The minimum atomic E-state index is -0.801. The molecule has 0 aliphatic heterocycles. The number of para-hydroxylation sites is 1. The second-order valence-electron chi connectivity index (χ2n) is 6.12. The topological polar surface area (TPSA) is 105 Å². The lowest BCUT2D eigenvalue weighted by Gasteiger charge is -2.13. The lowest BCUT2D eigenvalue weighted by atomic mass is 10.1. The van der Waals surface area contributed by atoms with Crippen molar-refractivity contribution in [3.63, 3.8) is 0 Å². The number of hydrogen-bond donors (Lipinski definition) is 2. The number of hydrogen-bond acceptors (Lipinski definition) is 5. The van der Waals surface area contributed by atoms with Crippen LogP contribution in [0.1, 0.15) is 29.3 Å². The predicted molar refractivity (Wildman–Crippen MR) is 101 cm³/mol. The summed E-state index contributed by atoms with van der Waals surface area (Å²) in [7, 11) is 0. The molecule has 134 valence electrons. The van der Waals surface area contributed by atoms with E-state index in [-0.39, 0.29) is 22.6 Å². The molecule has 1 unspecified atom stereocenters. The smallest absolute Gasteiger partial charge is 0.355 e. The number of nitrogens with zero attached hydrogens (tertiary/aromatic N) is 1. The van der Waals surface area contributed by atoms with Crippen molar-refractivity contribution in [2.45, 2.75) is 13.0 Å². The van der Waals surface area contributed by atoms with Crippen LogP contribution in [0, 0.1) is 0 Å². The number of ether oxygens (including phenoxy) is 1. The Morgan fingerprint density at radius 2 is 1.63 bits per heavy atom. The molecule has 2 N–H and O–H groups in total. The highest BCUT2D eigenvalue weighted by Gasteiger charge is 2.18. The molecule has 2 aromatic heterocycles. The third-order valence-electron chi connectivity index (χ3n) is 4.27. The van der Waals surface area contributed by atoms with Gasteiger partial charge in [0.1, 0.15) is 5.69 Å². The Hall–Kier alpha value is -3.74. The van der Waals surface area contributed by atoms with Crippen LogP contribution in [0.15, 0.2) is 64.2 Å². The van der Waals surface area contributed by atoms with E-state index in [1.807, 2.05) is 0 Å². The average Bonchev–Trinajstić information content (AvgIpc) is 2.68. The summed E-state index contributed by atoms with van der Waals surface area (Å²) in [5.41, 5.74) is -0.130. The Bertz CT molecular complexity index is 1290. The zero-order valence-electron chi connectivity index (χ0n) is 14.4. The van der Waals surface area contributed by atoms with E-state index in [2.05, 4.69) is 15.0 Å². The molecule has 27 heavy (non-hydrogen) atoms. The summed E-state index contributed by atoms with van der Waals surface area (Å²) in [6.45, 7) is 1.60.